The molecule has 2 radical (unpaired) electrons. The molecule has 0 amide bonds. The topological polar surface area (TPSA) is 86.3 Å². The second-order valence-corrected chi connectivity index (χ2v) is 7.61. The van der Waals surface area contributed by atoms with Crippen LogP contribution in [0.25, 0.3) is 0 Å². The van der Waals surface area contributed by atoms with Crippen LogP contribution in [0.15, 0.2) is 0 Å². The fraction of sp³-hybridized carbons (Fsp3) is 1.00. The summed E-state index contributed by atoms with van der Waals surface area (Å²) in [7, 11) is 9.21. The summed E-state index contributed by atoms with van der Waals surface area (Å²) in [5.74, 6) is 0. The van der Waals surface area contributed by atoms with Crippen molar-refractivity contribution in [1.29, 1.82) is 0 Å². The normalized spacial score (nSPS) is 25.9. The third-order valence-electron chi connectivity index (χ3n) is 4.33. The third kappa shape index (κ3) is 20.8. The molecule has 33 heavy (non-hydrogen) atoms. The molecular formula is C21H43B2NO9. The molecule has 0 aromatic carbocycles. The van der Waals surface area contributed by atoms with Gasteiger partial charge < -0.3 is 47.4 Å². The van der Waals surface area contributed by atoms with Crippen molar-refractivity contribution < 1.29 is 42.5 Å². The summed E-state index contributed by atoms with van der Waals surface area (Å²) >= 11 is 0. The zero-order chi connectivity index (χ0) is 23.8. The standard InChI is InChI=1S/C11H23BNO4.C10H20BO5/c1-13(2)12-11-10-16-5-3-4-14-6-7-15-8-9-17-11;1-12-11-10-9-15-4-2-3-13-5-6-14-7-8-16-10/h11H,3-10H2,1-2H3;10H,2-9H2,1H3. The van der Waals surface area contributed by atoms with Crippen LogP contribution in [0.2, 0.25) is 0 Å². The molecule has 192 valence electrons. The van der Waals surface area contributed by atoms with Crippen LogP contribution in [0.4, 0.5) is 0 Å². The summed E-state index contributed by atoms with van der Waals surface area (Å²) in [6.07, 6.45) is 1.80. The minimum Gasteiger partial charge on any atom is -0.440 e. The molecule has 0 spiro atoms. The average molecular weight is 475 g/mol. The van der Waals surface area contributed by atoms with Crippen molar-refractivity contribution in [3.8, 4) is 0 Å². The molecule has 0 N–H and O–H groups in total. The van der Waals surface area contributed by atoms with Crippen molar-refractivity contribution in [2.45, 2.75) is 24.8 Å². The van der Waals surface area contributed by atoms with Crippen molar-refractivity contribution in [2.24, 2.45) is 0 Å². The van der Waals surface area contributed by atoms with E-state index in [-0.39, 0.29) is 12.0 Å². The van der Waals surface area contributed by atoms with Gasteiger partial charge in [0.15, 0.2) is 0 Å². The van der Waals surface area contributed by atoms with Crippen LogP contribution >= 0.6 is 0 Å². The van der Waals surface area contributed by atoms with Gasteiger partial charge in [-0.25, -0.2) is 0 Å². The molecule has 0 saturated carbocycles. The summed E-state index contributed by atoms with van der Waals surface area (Å²) < 4.78 is 48.6. The van der Waals surface area contributed by atoms with Gasteiger partial charge in [0.05, 0.1) is 78.1 Å². The van der Waals surface area contributed by atoms with Crippen molar-refractivity contribution in [2.75, 3.05) is 114 Å². The molecule has 2 aliphatic heterocycles. The van der Waals surface area contributed by atoms with E-state index in [9.17, 15) is 0 Å². The summed E-state index contributed by atoms with van der Waals surface area (Å²) in [6, 6.07) is -0.134. The highest BCUT2D eigenvalue weighted by Crippen LogP contribution is 1.98. The Hall–Kier alpha value is -0.270. The molecule has 2 atom stereocenters. The zero-order valence-corrected chi connectivity index (χ0v) is 20.7. The Morgan fingerprint density at radius 3 is 1.52 bits per heavy atom. The minimum atomic E-state index is -0.129. The fourth-order valence-electron chi connectivity index (χ4n) is 2.83. The fourth-order valence-corrected chi connectivity index (χ4v) is 2.83. The Morgan fingerprint density at radius 2 is 1.00 bits per heavy atom. The van der Waals surface area contributed by atoms with Gasteiger partial charge in [-0.1, -0.05) is 0 Å². The van der Waals surface area contributed by atoms with Crippen molar-refractivity contribution >= 4 is 14.9 Å². The lowest BCUT2D eigenvalue weighted by Crippen LogP contribution is -2.36. The first-order valence-corrected chi connectivity index (χ1v) is 11.8. The van der Waals surface area contributed by atoms with E-state index < -0.39 is 0 Å². The van der Waals surface area contributed by atoms with Crippen molar-refractivity contribution in [1.82, 2.24) is 4.81 Å². The molecule has 10 nitrogen and oxygen atoms in total. The Labute approximate surface area is 201 Å². The highest BCUT2D eigenvalue weighted by atomic mass is 16.6. The number of nitrogens with zero attached hydrogens (tertiary/aromatic N) is 1. The predicted molar refractivity (Wildman–Crippen MR) is 126 cm³/mol. The maximum absolute atomic E-state index is 5.68. The molecular weight excluding hydrogens is 432 g/mol. The second kappa shape index (κ2) is 23.5. The van der Waals surface area contributed by atoms with Gasteiger partial charge in [0.25, 0.3) is 0 Å². The summed E-state index contributed by atoms with van der Waals surface area (Å²) in [4.78, 5) is 1.98. The Bertz CT molecular complexity index is 386. The average Bonchev–Trinajstić information content (AvgIpc) is 2.84. The Balaban J connectivity index is 0.000000331. The van der Waals surface area contributed by atoms with E-state index in [1.54, 1.807) is 14.6 Å². The lowest BCUT2D eigenvalue weighted by atomic mass is 9.84. The predicted octanol–water partition coefficient (Wildman–Crippen LogP) is 0.0116. The van der Waals surface area contributed by atoms with E-state index in [1.807, 2.05) is 26.3 Å². The molecule has 2 saturated heterocycles. The second-order valence-electron chi connectivity index (χ2n) is 7.61. The molecule has 0 bridgehead atoms. The van der Waals surface area contributed by atoms with Crippen LogP contribution in [0.3, 0.4) is 0 Å². The lowest BCUT2D eigenvalue weighted by Gasteiger charge is -2.20. The van der Waals surface area contributed by atoms with E-state index in [1.165, 1.54) is 0 Å². The quantitative estimate of drug-likeness (QED) is 0.519. The first-order valence-electron chi connectivity index (χ1n) is 11.8. The zero-order valence-electron chi connectivity index (χ0n) is 20.7. The van der Waals surface area contributed by atoms with E-state index in [0.29, 0.717) is 85.9 Å². The highest BCUT2D eigenvalue weighted by Gasteiger charge is 2.14. The van der Waals surface area contributed by atoms with Gasteiger partial charge in [-0.05, 0) is 26.9 Å². The summed E-state index contributed by atoms with van der Waals surface area (Å²) in [5, 5.41) is 0. The number of hydrogen-bond donors (Lipinski definition) is 0. The van der Waals surface area contributed by atoms with Gasteiger partial charge in [-0.3, -0.25) is 0 Å². The molecule has 2 unspecified atom stereocenters. The van der Waals surface area contributed by atoms with E-state index in [4.69, 9.17) is 42.5 Å². The molecule has 12 heteroatoms. The van der Waals surface area contributed by atoms with Crippen molar-refractivity contribution in [3.05, 3.63) is 0 Å². The minimum absolute atomic E-state index is 0.00438. The van der Waals surface area contributed by atoms with Gasteiger partial charge in [0.1, 0.15) is 0 Å². The lowest BCUT2D eigenvalue weighted by molar-refractivity contribution is -0.00964. The number of ether oxygens (including phenoxy) is 8. The van der Waals surface area contributed by atoms with Crippen LogP contribution < -0.4 is 0 Å². The molecule has 0 aromatic rings. The van der Waals surface area contributed by atoms with E-state index in [0.717, 1.165) is 19.4 Å². The van der Waals surface area contributed by atoms with Gasteiger partial charge in [-0.15, -0.1) is 0 Å². The van der Waals surface area contributed by atoms with Gasteiger partial charge in [0, 0.05) is 33.5 Å². The molecule has 0 aromatic heterocycles. The molecule has 0 aliphatic carbocycles. The smallest absolute Gasteiger partial charge is 0.326 e. The van der Waals surface area contributed by atoms with Crippen LogP contribution in [0, 0.1) is 0 Å². The molecule has 2 fully saturated rings. The Kier molecular flexibility index (Phi) is 21.9. The first-order chi connectivity index (χ1) is 16.2. The SMILES string of the molecule is CN(C)[B]C1COCCCOCCOCCO1.CO[B]C1COCCCOCCOCCO1. The maximum Gasteiger partial charge on any atom is 0.326 e. The summed E-state index contributed by atoms with van der Waals surface area (Å²) in [5.41, 5.74) is 0. The van der Waals surface area contributed by atoms with E-state index in [2.05, 4.69) is 0 Å². The van der Waals surface area contributed by atoms with Crippen LogP contribution in [-0.4, -0.2) is 145 Å². The van der Waals surface area contributed by atoms with Crippen LogP contribution in [0.5, 0.6) is 0 Å². The third-order valence-corrected chi connectivity index (χ3v) is 4.33. The number of rotatable bonds is 4. The molecule has 2 aliphatic rings. The number of hydrogen-bond acceptors (Lipinski definition) is 10. The van der Waals surface area contributed by atoms with Crippen LogP contribution in [0.1, 0.15) is 12.8 Å². The monoisotopic (exact) mass is 475 g/mol. The Morgan fingerprint density at radius 1 is 0.576 bits per heavy atom. The van der Waals surface area contributed by atoms with Crippen LogP contribution in [-0.2, 0) is 42.5 Å². The van der Waals surface area contributed by atoms with Gasteiger partial charge in [-0.2, -0.15) is 0 Å². The highest BCUT2D eigenvalue weighted by molar-refractivity contribution is 6.33. The summed E-state index contributed by atoms with van der Waals surface area (Å²) in [6.45, 7) is 8.72. The molecule has 2 heterocycles. The van der Waals surface area contributed by atoms with Gasteiger partial charge >= 0.3 is 7.48 Å². The van der Waals surface area contributed by atoms with E-state index >= 15 is 0 Å². The maximum atomic E-state index is 5.68. The first kappa shape index (κ1) is 30.8. The van der Waals surface area contributed by atoms with Gasteiger partial charge in [0.2, 0.25) is 7.41 Å². The molecule has 2 rings (SSSR count). The van der Waals surface area contributed by atoms with Crippen molar-refractivity contribution in [3.63, 3.8) is 0 Å². The largest absolute Gasteiger partial charge is 0.440 e.